The van der Waals surface area contributed by atoms with E-state index in [9.17, 15) is 10.1 Å². The molecule has 1 amide bonds. The molecular formula is C25H20ClFN6O. The van der Waals surface area contributed by atoms with Crippen molar-refractivity contribution in [3.8, 4) is 17.2 Å². The van der Waals surface area contributed by atoms with Crippen LogP contribution in [0.5, 0.6) is 0 Å². The molecule has 5 rings (SSSR count). The largest absolute Gasteiger partial charge is 0.366 e. The molecular weight excluding hydrogens is 455 g/mol. The molecule has 7 nitrogen and oxygen atoms in total. The monoisotopic (exact) mass is 474 g/mol. The third-order valence-corrected chi connectivity index (χ3v) is 6.60. The fourth-order valence-electron chi connectivity index (χ4n) is 4.62. The van der Waals surface area contributed by atoms with E-state index in [1.165, 1.54) is 12.3 Å². The number of aromatic amines is 1. The number of carbonyl (C=O) groups is 1. The summed E-state index contributed by atoms with van der Waals surface area (Å²) < 4.78 is 16.1. The Morgan fingerprint density at radius 3 is 2.74 bits per heavy atom. The van der Waals surface area contributed by atoms with Crippen LogP contribution in [0, 0.1) is 24.1 Å². The molecule has 34 heavy (non-hydrogen) atoms. The van der Waals surface area contributed by atoms with Gasteiger partial charge in [0, 0.05) is 54.3 Å². The van der Waals surface area contributed by atoms with Gasteiger partial charge in [-0.25, -0.2) is 4.39 Å². The second-order valence-electron chi connectivity index (χ2n) is 8.18. The molecule has 0 atom stereocenters. The summed E-state index contributed by atoms with van der Waals surface area (Å²) >= 11 is 6.70. The first kappa shape index (κ1) is 21.9. The third-order valence-electron chi connectivity index (χ3n) is 6.30. The summed E-state index contributed by atoms with van der Waals surface area (Å²) in [5.74, 6) is -0.694. The average molecular weight is 475 g/mol. The Morgan fingerprint density at radius 1 is 1.26 bits per heavy atom. The number of hydrogen-bond donors (Lipinski definition) is 1. The number of carbonyl (C=O) groups excluding carboxylic acids is 1. The Morgan fingerprint density at radius 2 is 2.03 bits per heavy atom. The number of aromatic nitrogens is 3. The van der Waals surface area contributed by atoms with E-state index in [1.54, 1.807) is 17.2 Å². The molecule has 0 bridgehead atoms. The standard InChI is InChI=1S/C25H20ClFN6O/c1-3-19(34)32-6-8-33(9-7-32)25-16(11-28)12-29-24-17(25)10-18(26)21(22(24)27)20-14(2)4-5-15-13-30-31-23(15)20/h3-5,10,12-13H,1,6-9H2,2H3,(H,30,31). The molecule has 2 aromatic carbocycles. The molecule has 0 aliphatic carbocycles. The molecule has 0 unspecified atom stereocenters. The average Bonchev–Trinajstić information content (AvgIpc) is 3.33. The lowest BCUT2D eigenvalue weighted by atomic mass is 9.95. The van der Waals surface area contributed by atoms with Crippen molar-refractivity contribution < 1.29 is 9.18 Å². The zero-order chi connectivity index (χ0) is 24.0. The van der Waals surface area contributed by atoms with Crippen molar-refractivity contribution in [1.29, 1.82) is 5.26 Å². The maximum atomic E-state index is 16.1. The number of pyridine rings is 1. The highest BCUT2D eigenvalue weighted by Crippen LogP contribution is 2.42. The third kappa shape index (κ3) is 3.37. The molecule has 0 spiro atoms. The maximum absolute atomic E-state index is 16.1. The second kappa shape index (κ2) is 8.43. The highest BCUT2D eigenvalue weighted by molar-refractivity contribution is 6.35. The summed E-state index contributed by atoms with van der Waals surface area (Å²) in [7, 11) is 0. The molecule has 3 heterocycles. The number of nitriles is 1. The predicted octanol–water partition coefficient (Wildman–Crippen LogP) is 4.59. The first-order chi connectivity index (χ1) is 16.4. The number of fused-ring (bicyclic) bond motifs is 2. The van der Waals surface area contributed by atoms with Crippen LogP contribution in [0.25, 0.3) is 32.9 Å². The number of nitrogens with one attached hydrogen (secondary N) is 1. The van der Waals surface area contributed by atoms with Crippen LogP contribution in [-0.4, -0.2) is 52.2 Å². The lowest BCUT2D eigenvalue weighted by Crippen LogP contribution is -2.48. The quantitative estimate of drug-likeness (QED) is 0.439. The number of benzene rings is 2. The number of H-pyrrole nitrogens is 1. The van der Waals surface area contributed by atoms with Crippen molar-refractivity contribution in [2.24, 2.45) is 0 Å². The fraction of sp³-hybridized carbons (Fsp3) is 0.200. The van der Waals surface area contributed by atoms with Crippen molar-refractivity contribution in [2.75, 3.05) is 31.1 Å². The predicted molar refractivity (Wildman–Crippen MR) is 130 cm³/mol. The number of rotatable bonds is 3. The van der Waals surface area contributed by atoms with E-state index < -0.39 is 5.82 Å². The van der Waals surface area contributed by atoms with Gasteiger partial charge >= 0.3 is 0 Å². The van der Waals surface area contributed by atoms with E-state index in [0.717, 1.165) is 10.9 Å². The Kier molecular flexibility index (Phi) is 5.42. The van der Waals surface area contributed by atoms with E-state index in [4.69, 9.17) is 11.6 Å². The molecule has 1 aliphatic rings. The van der Waals surface area contributed by atoms with Gasteiger partial charge in [-0.2, -0.15) is 10.4 Å². The lowest BCUT2D eigenvalue weighted by Gasteiger charge is -2.36. The zero-order valence-corrected chi connectivity index (χ0v) is 19.2. The van der Waals surface area contributed by atoms with Gasteiger partial charge < -0.3 is 9.80 Å². The molecule has 1 N–H and O–H groups in total. The fourth-order valence-corrected chi connectivity index (χ4v) is 4.91. The molecule has 1 fully saturated rings. The van der Waals surface area contributed by atoms with E-state index in [2.05, 4.69) is 27.8 Å². The highest BCUT2D eigenvalue weighted by atomic mass is 35.5. The van der Waals surface area contributed by atoms with Crippen LogP contribution in [-0.2, 0) is 4.79 Å². The van der Waals surface area contributed by atoms with Gasteiger partial charge in [-0.1, -0.05) is 30.3 Å². The van der Waals surface area contributed by atoms with Gasteiger partial charge in [0.05, 0.1) is 28.0 Å². The SMILES string of the molecule is C=CC(=O)N1CCN(c2c(C#N)cnc3c(F)c(-c4c(C)ccc5cn[nH]c45)c(Cl)cc23)CC1. The minimum Gasteiger partial charge on any atom is -0.366 e. The molecule has 170 valence electrons. The van der Waals surface area contributed by atoms with Gasteiger partial charge in [-0.15, -0.1) is 0 Å². The summed E-state index contributed by atoms with van der Waals surface area (Å²) in [5, 5.41) is 18.3. The smallest absolute Gasteiger partial charge is 0.246 e. The van der Waals surface area contributed by atoms with Crippen molar-refractivity contribution in [3.05, 3.63) is 65.2 Å². The Hall–Kier alpha value is -3.96. The van der Waals surface area contributed by atoms with Crippen molar-refractivity contribution in [1.82, 2.24) is 20.1 Å². The van der Waals surface area contributed by atoms with E-state index in [0.29, 0.717) is 53.9 Å². The Balaban J connectivity index is 1.69. The minimum atomic E-state index is -0.557. The molecule has 0 radical (unpaired) electrons. The molecule has 0 saturated carbocycles. The van der Waals surface area contributed by atoms with Gasteiger partial charge in [-0.05, 0) is 24.6 Å². The molecule has 2 aromatic heterocycles. The van der Waals surface area contributed by atoms with Gasteiger partial charge in [0.25, 0.3) is 0 Å². The number of anilines is 1. The molecule has 1 aliphatic heterocycles. The highest BCUT2D eigenvalue weighted by Gasteiger charge is 2.27. The Bertz CT molecular complexity index is 1510. The van der Waals surface area contributed by atoms with Crippen LogP contribution in [0.15, 0.2) is 43.2 Å². The molecule has 4 aromatic rings. The van der Waals surface area contributed by atoms with Crippen LogP contribution in [0.2, 0.25) is 5.02 Å². The number of amides is 1. The van der Waals surface area contributed by atoms with Crippen molar-refractivity contribution in [2.45, 2.75) is 6.92 Å². The summed E-state index contributed by atoms with van der Waals surface area (Å²) in [6, 6.07) is 7.65. The maximum Gasteiger partial charge on any atom is 0.246 e. The topological polar surface area (TPSA) is 88.9 Å². The van der Waals surface area contributed by atoms with Crippen molar-refractivity contribution in [3.63, 3.8) is 0 Å². The number of halogens is 2. The van der Waals surface area contributed by atoms with E-state index >= 15 is 4.39 Å². The number of aryl methyl sites for hydroxylation is 1. The number of nitrogens with zero attached hydrogens (tertiary/aromatic N) is 5. The molecule has 1 saturated heterocycles. The van der Waals surface area contributed by atoms with Crippen LogP contribution in [0.4, 0.5) is 10.1 Å². The van der Waals surface area contributed by atoms with Crippen LogP contribution in [0.3, 0.4) is 0 Å². The summed E-state index contributed by atoms with van der Waals surface area (Å²) in [5.41, 5.74) is 3.43. The van der Waals surface area contributed by atoms with Crippen LogP contribution in [0.1, 0.15) is 11.1 Å². The first-order valence-corrected chi connectivity index (χ1v) is 11.1. The van der Waals surface area contributed by atoms with E-state index in [1.807, 2.05) is 24.0 Å². The zero-order valence-electron chi connectivity index (χ0n) is 18.4. The minimum absolute atomic E-state index is 0.133. The van der Waals surface area contributed by atoms with Crippen molar-refractivity contribution >= 4 is 45.0 Å². The normalized spacial score (nSPS) is 13.9. The lowest BCUT2D eigenvalue weighted by molar-refractivity contribution is -0.126. The summed E-state index contributed by atoms with van der Waals surface area (Å²) in [6.45, 7) is 7.33. The van der Waals surface area contributed by atoms with Gasteiger partial charge in [0.15, 0.2) is 5.82 Å². The van der Waals surface area contributed by atoms with Crippen LogP contribution < -0.4 is 4.90 Å². The number of piperazine rings is 1. The van der Waals surface area contributed by atoms with Gasteiger partial charge in [-0.3, -0.25) is 14.9 Å². The van der Waals surface area contributed by atoms with Gasteiger partial charge in [0.2, 0.25) is 5.91 Å². The van der Waals surface area contributed by atoms with Crippen LogP contribution >= 0.6 is 11.6 Å². The second-order valence-corrected chi connectivity index (χ2v) is 8.59. The first-order valence-electron chi connectivity index (χ1n) is 10.7. The van der Waals surface area contributed by atoms with E-state index in [-0.39, 0.29) is 22.0 Å². The molecule has 9 heteroatoms. The summed E-state index contributed by atoms with van der Waals surface area (Å²) in [4.78, 5) is 19.9. The number of hydrogen-bond acceptors (Lipinski definition) is 5. The summed E-state index contributed by atoms with van der Waals surface area (Å²) in [6.07, 6.45) is 4.36. The Labute approximate surface area is 200 Å². The van der Waals surface area contributed by atoms with Gasteiger partial charge in [0.1, 0.15) is 11.6 Å².